The highest BCUT2D eigenvalue weighted by Crippen LogP contribution is 2.24. The number of benzene rings is 1. The Balaban J connectivity index is 1.98. The van der Waals surface area contributed by atoms with E-state index in [1.54, 1.807) is 0 Å². The van der Waals surface area contributed by atoms with Gasteiger partial charge in [0, 0.05) is 6.04 Å². The molecule has 0 radical (unpaired) electrons. The van der Waals surface area contributed by atoms with Gasteiger partial charge in [0.15, 0.2) is 0 Å². The third kappa shape index (κ3) is 3.62. The summed E-state index contributed by atoms with van der Waals surface area (Å²) >= 11 is 0. The highest BCUT2D eigenvalue weighted by atomic mass is 16.6. The first kappa shape index (κ1) is 14.6. The summed E-state index contributed by atoms with van der Waals surface area (Å²) in [4.78, 5) is 14.2. The lowest BCUT2D eigenvalue weighted by molar-refractivity contribution is 0.0574. The molecule has 1 aliphatic heterocycles. The summed E-state index contributed by atoms with van der Waals surface area (Å²) in [6.07, 6.45) is 7.14. The van der Waals surface area contributed by atoms with Crippen molar-refractivity contribution in [2.24, 2.45) is 0 Å². The fourth-order valence-electron chi connectivity index (χ4n) is 2.75. The molecule has 20 heavy (non-hydrogen) atoms. The molecule has 0 aliphatic carbocycles. The van der Waals surface area contributed by atoms with Crippen LogP contribution in [0.4, 0.5) is 4.79 Å². The van der Waals surface area contributed by atoms with E-state index < -0.39 is 0 Å². The van der Waals surface area contributed by atoms with Crippen molar-refractivity contribution in [3.8, 4) is 0 Å². The molecule has 2 rings (SSSR count). The van der Waals surface area contributed by atoms with Gasteiger partial charge in [0.2, 0.25) is 0 Å². The Hall–Kier alpha value is -1.77. The van der Waals surface area contributed by atoms with Crippen molar-refractivity contribution in [3.63, 3.8) is 0 Å². The molecule has 1 heterocycles. The second kappa shape index (κ2) is 7.13. The largest absolute Gasteiger partial charge is 0.445 e. The second-order valence-corrected chi connectivity index (χ2v) is 5.32. The normalized spacial score (nSPS) is 23.0. The van der Waals surface area contributed by atoms with Crippen molar-refractivity contribution >= 4 is 6.09 Å². The molecule has 1 aliphatic rings. The van der Waals surface area contributed by atoms with Crippen molar-refractivity contribution in [1.29, 1.82) is 0 Å². The Labute approximate surface area is 121 Å². The minimum absolute atomic E-state index is 0.173. The number of carbonyl (C=O) groups excluding carboxylic acids is 1. The van der Waals surface area contributed by atoms with Gasteiger partial charge in [0.1, 0.15) is 6.61 Å². The molecule has 1 saturated heterocycles. The zero-order valence-corrected chi connectivity index (χ0v) is 12.3. The topological polar surface area (TPSA) is 29.5 Å². The molecule has 0 unspecified atom stereocenters. The van der Waals surface area contributed by atoms with E-state index in [0.29, 0.717) is 6.61 Å². The van der Waals surface area contributed by atoms with Crippen molar-refractivity contribution in [2.45, 2.75) is 51.8 Å². The molecule has 0 N–H and O–H groups in total. The maximum atomic E-state index is 12.3. The molecule has 0 saturated carbocycles. The van der Waals surface area contributed by atoms with Crippen molar-refractivity contribution < 1.29 is 9.53 Å². The van der Waals surface area contributed by atoms with E-state index >= 15 is 0 Å². The summed E-state index contributed by atoms with van der Waals surface area (Å²) in [7, 11) is 0. The van der Waals surface area contributed by atoms with Gasteiger partial charge in [-0.05, 0) is 38.7 Å². The van der Waals surface area contributed by atoms with E-state index in [9.17, 15) is 4.79 Å². The molecule has 1 aromatic carbocycles. The summed E-state index contributed by atoms with van der Waals surface area (Å²) in [5.74, 6) is 0. The van der Waals surface area contributed by atoms with Gasteiger partial charge >= 0.3 is 6.09 Å². The van der Waals surface area contributed by atoms with Crippen molar-refractivity contribution in [3.05, 3.63) is 48.0 Å². The van der Waals surface area contributed by atoms with Crippen LogP contribution in [0.5, 0.6) is 0 Å². The minimum Gasteiger partial charge on any atom is -0.445 e. The Bertz CT molecular complexity index is 455. The standard InChI is InChI=1S/C17H23NO2/c1-3-8-16-12-7-9-14(2)18(16)17(19)20-13-15-10-5-4-6-11-15/h3-6,8,10-11,14,16H,7,9,12-13H2,1-2H3/b8-3+/t14-,16+/m0/s1. The third-order valence-electron chi connectivity index (χ3n) is 3.78. The molecule has 1 fully saturated rings. The summed E-state index contributed by atoms with van der Waals surface area (Å²) in [5, 5.41) is 0. The van der Waals surface area contributed by atoms with E-state index in [0.717, 1.165) is 18.4 Å². The Kier molecular flexibility index (Phi) is 5.22. The maximum Gasteiger partial charge on any atom is 0.410 e. The van der Waals surface area contributed by atoms with Crippen LogP contribution in [-0.4, -0.2) is 23.1 Å². The number of likely N-dealkylation sites (tertiary alicyclic amines) is 1. The number of amides is 1. The highest BCUT2D eigenvalue weighted by molar-refractivity contribution is 5.69. The molecule has 3 heteroatoms. The van der Waals surface area contributed by atoms with Crippen LogP contribution in [0.2, 0.25) is 0 Å². The van der Waals surface area contributed by atoms with Crippen LogP contribution < -0.4 is 0 Å². The van der Waals surface area contributed by atoms with Crippen LogP contribution in [0.25, 0.3) is 0 Å². The van der Waals surface area contributed by atoms with Crippen LogP contribution in [-0.2, 0) is 11.3 Å². The number of ether oxygens (including phenoxy) is 1. The second-order valence-electron chi connectivity index (χ2n) is 5.32. The van der Waals surface area contributed by atoms with E-state index in [-0.39, 0.29) is 18.2 Å². The van der Waals surface area contributed by atoms with Gasteiger partial charge in [-0.15, -0.1) is 0 Å². The summed E-state index contributed by atoms with van der Waals surface area (Å²) < 4.78 is 5.47. The van der Waals surface area contributed by atoms with Gasteiger partial charge in [-0.1, -0.05) is 42.5 Å². The number of carbonyl (C=O) groups is 1. The molecular formula is C17H23NO2. The Morgan fingerprint density at radius 2 is 2.10 bits per heavy atom. The first-order valence-electron chi connectivity index (χ1n) is 7.34. The smallest absolute Gasteiger partial charge is 0.410 e. The molecule has 3 nitrogen and oxygen atoms in total. The summed E-state index contributed by atoms with van der Waals surface area (Å²) in [5.41, 5.74) is 1.02. The van der Waals surface area contributed by atoms with Gasteiger partial charge in [-0.2, -0.15) is 0 Å². The lowest BCUT2D eigenvalue weighted by Crippen LogP contribution is -2.48. The van der Waals surface area contributed by atoms with E-state index in [1.165, 1.54) is 6.42 Å². The van der Waals surface area contributed by atoms with Gasteiger partial charge in [-0.25, -0.2) is 4.79 Å². The first-order valence-corrected chi connectivity index (χ1v) is 7.34. The SMILES string of the molecule is C/C=C/[C@@H]1CCC[C@H](C)N1C(=O)OCc1ccccc1. The summed E-state index contributed by atoms with van der Waals surface area (Å²) in [6.45, 7) is 4.43. The molecule has 0 aromatic heterocycles. The fraction of sp³-hybridized carbons (Fsp3) is 0.471. The molecule has 1 aromatic rings. The minimum atomic E-state index is -0.204. The maximum absolute atomic E-state index is 12.3. The predicted molar refractivity (Wildman–Crippen MR) is 80.4 cm³/mol. The van der Waals surface area contributed by atoms with E-state index in [1.807, 2.05) is 48.2 Å². The first-order chi connectivity index (χ1) is 9.72. The average molecular weight is 273 g/mol. The van der Waals surface area contributed by atoms with Crippen molar-refractivity contribution in [1.82, 2.24) is 4.90 Å². The molecule has 0 bridgehead atoms. The number of nitrogens with zero attached hydrogens (tertiary/aromatic N) is 1. The van der Waals surface area contributed by atoms with Gasteiger partial charge in [0.05, 0.1) is 6.04 Å². The monoisotopic (exact) mass is 273 g/mol. The van der Waals surface area contributed by atoms with Crippen molar-refractivity contribution in [2.75, 3.05) is 0 Å². The molecule has 2 atom stereocenters. The number of piperidine rings is 1. The predicted octanol–water partition coefficient (Wildman–Crippen LogP) is 4.14. The number of allylic oxidation sites excluding steroid dienone is 1. The highest BCUT2D eigenvalue weighted by Gasteiger charge is 2.31. The fourth-order valence-corrected chi connectivity index (χ4v) is 2.75. The molecular weight excluding hydrogens is 250 g/mol. The van der Waals surface area contributed by atoms with Gasteiger partial charge in [-0.3, -0.25) is 4.90 Å². The molecule has 1 amide bonds. The average Bonchev–Trinajstić information content (AvgIpc) is 2.46. The number of hydrogen-bond acceptors (Lipinski definition) is 2. The zero-order chi connectivity index (χ0) is 14.4. The molecule has 0 spiro atoms. The van der Waals surface area contributed by atoms with Crippen LogP contribution in [0.15, 0.2) is 42.5 Å². The summed E-state index contributed by atoms with van der Waals surface area (Å²) in [6, 6.07) is 10.2. The Morgan fingerprint density at radius 1 is 1.35 bits per heavy atom. The third-order valence-corrected chi connectivity index (χ3v) is 3.78. The van der Waals surface area contributed by atoms with Gasteiger partial charge < -0.3 is 4.74 Å². The Morgan fingerprint density at radius 3 is 2.80 bits per heavy atom. The van der Waals surface area contributed by atoms with Crippen LogP contribution in [0, 0.1) is 0 Å². The van der Waals surface area contributed by atoms with E-state index in [2.05, 4.69) is 13.0 Å². The van der Waals surface area contributed by atoms with Crippen LogP contribution in [0.3, 0.4) is 0 Å². The van der Waals surface area contributed by atoms with Crippen LogP contribution in [0.1, 0.15) is 38.7 Å². The zero-order valence-electron chi connectivity index (χ0n) is 12.3. The number of hydrogen-bond donors (Lipinski definition) is 0. The quantitative estimate of drug-likeness (QED) is 0.774. The lowest BCUT2D eigenvalue weighted by Gasteiger charge is -2.38. The number of rotatable bonds is 3. The van der Waals surface area contributed by atoms with Crippen LogP contribution >= 0.6 is 0 Å². The van der Waals surface area contributed by atoms with Gasteiger partial charge in [0.25, 0.3) is 0 Å². The molecule has 108 valence electrons. The lowest BCUT2D eigenvalue weighted by atomic mass is 9.97. The van der Waals surface area contributed by atoms with E-state index in [4.69, 9.17) is 4.74 Å².